The van der Waals surface area contributed by atoms with Crippen molar-refractivity contribution in [2.75, 3.05) is 14.2 Å². The van der Waals surface area contributed by atoms with Gasteiger partial charge in [0.25, 0.3) is 0 Å². The van der Waals surface area contributed by atoms with Gasteiger partial charge in [0.05, 0.1) is 13.2 Å². The topological polar surface area (TPSA) is 34.1 Å². The van der Waals surface area contributed by atoms with Crippen LogP contribution in [0.15, 0.2) is 59.7 Å². The van der Waals surface area contributed by atoms with Crippen LogP contribution in [0.25, 0.3) is 0 Å². The van der Waals surface area contributed by atoms with Crippen LogP contribution in [0, 0.1) is 0 Å². The van der Waals surface area contributed by atoms with Crippen molar-refractivity contribution in [2.45, 2.75) is 19.1 Å². The van der Waals surface area contributed by atoms with Crippen molar-refractivity contribution in [3.8, 4) is 5.75 Å². The van der Waals surface area contributed by atoms with Crippen LogP contribution in [0.1, 0.15) is 24.2 Å². The molecule has 114 valence electrons. The molecular formula is C18H20N2O2. The molecule has 0 N–H and O–H groups in total. The fraction of sp³-hybridized carbons (Fsp3) is 0.278. The summed E-state index contributed by atoms with van der Waals surface area (Å²) in [4.78, 5) is 0. The zero-order valence-corrected chi connectivity index (χ0v) is 13.1. The maximum atomic E-state index is 6.18. The van der Waals surface area contributed by atoms with Gasteiger partial charge in [-0.05, 0) is 36.8 Å². The molecule has 4 heteroatoms. The van der Waals surface area contributed by atoms with E-state index in [1.807, 2.05) is 54.5 Å². The lowest BCUT2D eigenvalue weighted by Gasteiger charge is -2.35. The molecule has 1 aliphatic rings. The molecule has 0 saturated carbocycles. The average Bonchev–Trinajstić information content (AvgIpc) is 2.58. The van der Waals surface area contributed by atoms with Crippen LogP contribution in [-0.2, 0) is 4.74 Å². The van der Waals surface area contributed by atoms with E-state index in [-0.39, 0.29) is 12.1 Å². The smallest absolute Gasteiger partial charge is 0.238 e. The molecule has 22 heavy (non-hydrogen) atoms. The maximum Gasteiger partial charge on any atom is 0.238 e. The van der Waals surface area contributed by atoms with Gasteiger partial charge in [-0.2, -0.15) is 0 Å². The molecule has 1 aliphatic heterocycles. The van der Waals surface area contributed by atoms with Crippen molar-refractivity contribution in [3.63, 3.8) is 0 Å². The normalized spacial score (nSPS) is 21.0. The molecule has 0 aromatic heterocycles. The first-order chi connectivity index (χ1) is 10.7. The molecule has 0 saturated heterocycles. The summed E-state index contributed by atoms with van der Waals surface area (Å²) in [5, 5.41) is 6.51. The second-order valence-corrected chi connectivity index (χ2v) is 5.40. The SMILES string of the molecule is COc1ccc(C2=NN(C)[C@H](C)[C@@H](c3ccccc3)O2)cc1. The molecule has 4 nitrogen and oxygen atoms in total. The monoisotopic (exact) mass is 296 g/mol. The summed E-state index contributed by atoms with van der Waals surface area (Å²) in [7, 11) is 3.64. The summed E-state index contributed by atoms with van der Waals surface area (Å²) in [6.07, 6.45) is -0.0409. The Balaban J connectivity index is 1.90. The van der Waals surface area contributed by atoms with E-state index in [0.717, 1.165) is 16.9 Å². The predicted molar refractivity (Wildman–Crippen MR) is 87.0 cm³/mol. The van der Waals surface area contributed by atoms with E-state index < -0.39 is 0 Å². The van der Waals surface area contributed by atoms with Gasteiger partial charge in [0.15, 0.2) is 0 Å². The number of hydrogen-bond donors (Lipinski definition) is 0. The van der Waals surface area contributed by atoms with Crippen molar-refractivity contribution in [1.82, 2.24) is 5.01 Å². The van der Waals surface area contributed by atoms with Gasteiger partial charge in [-0.3, -0.25) is 5.01 Å². The summed E-state index contributed by atoms with van der Waals surface area (Å²) >= 11 is 0. The van der Waals surface area contributed by atoms with Gasteiger partial charge in [0.1, 0.15) is 11.9 Å². The van der Waals surface area contributed by atoms with Gasteiger partial charge < -0.3 is 9.47 Å². The lowest BCUT2D eigenvalue weighted by atomic mass is 10.0. The molecule has 1 heterocycles. The number of hydrazone groups is 1. The Morgan fingerprint density at radius 3 is 2.36 bits per heavy atom. The van der Waals surface area contributed by atoms with Crippen molar-refractivity contribution in [2.24, 2.45) is 5.10 Å². The maximum absolute atomic E-state index is 6.18. The highest BCUT2D eigenvalue weighted by Gasteiger charge is 2.30. The zero-order chi connectivity index (χ0) is 15.5. The third-order valence-corrected chi connectivity index (χ3v) is 3.98. The number of nitrogens with zero attached hydrogens (tertiary/aromatic N) is 2. The quantitative estimate of drug-likeness (QED) is 0.870. The lowest BCUT2D eigenvalue weighted by Crippen LogP contribution is -2.39. The largest absolute Gasteiger partial charge is 0.497 e. The lowest BCUT2D eigenvalue weighted by molar-refractivity contribution is 0.0532. The number of likely N-dealkylation sites (N-methyl/N-ethyl adjacent to an activating group) is 1. The third-order valence-electron chi connectivity index (χ3n) is 3.98. The van der Waals surface area contributed by atoms with Crippen LogP contribution >= 0.6 is 0 Å². The number of ether oxygens (including phenoxy) is 2. The van der Waals surface area contributed by atoms with Crippen LogP contribution in [0.2, 0.25) is 0 Å². The van der Waals surface area contributed by atoms with Gasteiger partial charge in [-0.15, -0.1) is 5.10 Å². The molecule has 0 unspecified atom stereocenters. The second-order valence-electron chi connectivity index (χ2n) is 5.40. The van der Waals surface area contributed by atoms with Gasteiger partial charge >= 0.3 is 0 Å². The molecule has 2 aromatic rings. The zero-order valence-electron chi connectivity index (χ0n) is 13.1. The van der Waals surface area contributed by atoms with Crippen LogP contribution < -0.4 is 4.74 Å². The van der Waals surface area contributed by atoms with Crippen LogP contribution in [0.4, 0.5) is 0 Å². The van der Waals surface area contributed by atoms with E-state index >= 15 is 0 Å². The Morgan fingerprint density at radius 1 is 1.05 bits per heavy atom. The minimum absolute atomic E-state index is 0.0409. The fourth-order valence-electron chi connectivity index (χ4n) is 2.52. The van der Waals surface area contributed by atoms with E-state index in [0.29, 0.717) is 5.90 Å². The number of methoxy groups -OCH3 is 1. The minimum Gasteiger partial charge on any atom is -0.497 e. The molecule has 2 aromatic carbocycles. The third kappa shape index (κ3) is 2.77. The van der Waals surface area contributed by atoms with Gasteiger partial charge in [-0.1, -0.05) is 30.3 Å². The van der Waals surface area contributed by atoms with Crippen molar-refractivity contribution < 1.29 is 9.47 Å². The Labute approximate surface area is 131 Å². The average molecular weight is 296 g/mol. The van der Waals surface area contributed by atoms with E-state index in [9.17, 15) is 0 Å². The molecule has 3 rings (SSSR count). The summed E-state index contributed by atoms with van der Waals surface area (Å²) in [6.45, 7) is 2.12. The van der Waals surface area contributed by atoms with Crippen molar-refractivity contribution >= 4 is 5.90 Å². The molecule has 0 aliphatic carbocycles. The molecule has 0 bridgehead atoms. The first kappa shape index (κ1) is 14.4. The molecule has 0 fully saturated rings. The first-order valence-electron chi connectivity index (χ1n) is 7.36. The van der Waals surface area contributed by atoms with Crippen LogP contribution in [-0.4, -0.2) is 31.1 Å². The molecule has 0 radical (unpaired) electrons. The van der Waals surface area contributed by atoms with Gasteiger partial charge in [-0.25, -0.2) is 0 Å². The number of hydrogen-bond acceptors (Lipinski definition) is 4. The van der Waals surface area contributed by atoms with Crippen molar-refractivity contribution in [1.29, 1.82) is 0 Å². The van der Waals surface area contributed by atoms with E-state index in [1.54, 1.807) is 7.11 Å². The summed E-state index contributed by atoms with van der Waals surface area (Å²) < 4.78 is 11.4. The highest BCUT2D eigenvalue weighted by atomic mass is 16.5. The van der Waals surface area contributed by atoms with Crippen LogP contribution in [0.3, 0.4) is 0 Å². The molecule has 2 atom stereocenters. The Hall–Kier alpha value is -2.49. The van der Waals surface area contributed by atoms with Gasteiger partial charge in [0, 0.05) is 12.6 Å². The number of rotatable bonds is 3. The highest BCUT2D eigenvalue weighted by molar-refractivity contribution is 5.94. The molecule has 0 spiro atoms. The van der Waals surface area contributed by atoms with E-state index in [2.05, 4.69) is 24.2 Å². The van der Waals surface area contributed by atoms with Gasteiger partial charge in [0.2, 0.25) is 5.90 Å². The predicted octanol–water partition coefficient (Wildman–Crippen LogP) is 3.45. The molecule has 0 amide bonds. The molecular weight excluding hydrogens is 276 g/mol. The summed E-state index contributed by atoms with van der Waals surface area (Å²) in [5.41, 5.74) is 2.10. The summed E-state index contributed by atoms with van der Waals surface area (Å²) in [6, 6.07) is 18.2. The Morgan fingerprint density at radius 2 is 1.73 bits per heavy atom. The van der Waals surface area contributed by atoms with Crippen LogP contribution in [0.5, 0.6) is 5.75 Å². The fourth-order valence-corrected chi connectivity index (χ4v) is 2.52. The second kappa shape index (κ2) is 6.10. The standard InChI is InChI=1S/C18H20N2O2/c1-13-17(14-7-5-4-6-8-14)22-18(19-20(13)2)15-9-11-16(21-3)12-10-15/h4-13,17H,1-3H3/t13-,17+/m1/s1. The highest BCUT2D eigenvalue weighted by Crippen LogP contribution is 2.30. The summed E-state index contributed by atoms with van der Waals surface area (Å²) in [5.74, 6) is 1.46. The first-order valence-corrected chi connectivity index (χ1v) is 7.36. The Bertz CT molecular complexity index is 653. The van der Waals surface area contributed by atoms with Crippen molar-refractivity contribution in [3.05, 3.63) is 65.7 Å². The van der Waals surface area contributed by atoms with E-state index in [4.69, 9.17) is 9.47 Å². The number of benzene rings is 2. The van der Waals surface area contributed by atoms with E-state index in [1.165, 1.54) is 0 Å². The minimum atomic E-state index is -0.0409. The Kier molecular flexibility index (Phi) is 4.00.